The Labute approximate surface area is 344 Å². The lowest BCUT2D eigenvalue weighted by molar-refractivity contribution is 0.643. The lowest BCUT2D eigenvalue weighted by Crippen LogP contribution is -2.61. The fraction of sp³-hybridized carbons (Fsp3) is 0.111. The third kappa shape index (κ3) is 4.55. The second-order valence-corrected chi connectivity index (χ2v) is 18.4. The molecule has 2 aliphatic heterocycles. The smallest absolute Gasteiger partial charge is 0.333 e. The topological polar surface area (TPSA) is 15.3 Å². The average Bonchev–Trinajstić information content (AvgIpc) is 3.75. The summed E-state index contributed by atoms with van der Waals surface area (Å²) in [5.74, 6) is 0. The first-order valence-corrected chi connectivity index (χ1v) is 21.3. The van der Waals surface area contributed by atoms with Crippen LogP contribution in [0.5, 0.6) is 0 Å². The van der Waals surface area contributed by atoms with Crippen LogP contribution in [0.2, 0.25) is 0 Å². The molecule has 0 spiro atoms. The molecule has 1 N–H and O–H groups in total. The standard InChI is InChI=1S/C54H41BN2S/c1-53(2,35-19-9-6-10-20-35)41-25-16-26-42-52(41)56-43-32-47-48(39-22-12-14-28-46(39)58-47)49-38-30-29-34(33-17-7-5-8-18-33)31-45(38)57(55(42)51(43)49)44-27-15-23-37-36-21-11-13-24-40(36)54(3,4)50(37)44/h5-32,56H,1-4H3. The van der Waals surface area contributed by atoms with E-state index in [0.717, 1.165) is 0 Å². The average molecular weight is 761 g/mol. The van der Waals surface area contributed by atoms with Gasteiger partial charge in [0.1, 0.15) is 0 Å². The van der Waals surface area contributed by atoms with Gasteiger partial charge in [-0.2, -0.15) is 0 Å². The van der Waals surface area contributed by atoms with Gasteiger partial charge < -0.3 is 10.1 Å². The molecule has 3 aliphatic rings. The van der Waals surface area contributed by atoms with Crippen LogP contribution in [0.3, 0.4) is 0 Å². The highest BCUT2D eigenvalue weighted by molar-refractivity contribution is 7.26. The highest BCUT2D eigenvalue weighted by atomic mass is 32.1. The van der Waals surface area contributed by atoms with Crippen molar-refractivity contribution in [1.82, 2.24) is 0 Å². The lowest BCUT2D eigenvalue weighted by atomic mass is 9.43. The Balaban J connectivity index is 1.23. The summed E-state index contributed by atoms with van der Waals surface area (Å²) < 4.78 is 2.63. The zero-order valence-electron chi connectivity index (χ0n) is 33.1. The van der Waals surface area contributed by atoms with Gasteiger partial charge in [-0.05, 0) is 85.3 Å². The molecule has 12 rings (SSSR count). The van der Waals surface area contributed by atoms with Crippen molar-refractivity contribution in [2.45, 2.75) is 38.5 Å². The van der Waals surface area contributed by atoms with Crippen LogP contribution in [0, 0.1) is 0 Å². The summed E-state index contributed by atoms with van der Waals surface area (Å²) in [6.45, 7) is 9.49. The number of thiophene rings is 1. The maximum absolute atomic E-state index is 4.16. The fourth-order valence-corrected chi connectivity index (χ4v) is 11.9. The highest BCUT2D eigenvalue weighted by Gasteiger charge is 2.48. The third-order valence-electron chi connectivity index (χ3n) is 13.5. The van der Waals surface area contributed by atoms with Gasteiger partial charge in [-0.25, -0.2) is 0 Å². The maximum atomic E-state index is 4.16. The van der Waals surface area contributed by atoms with E-state index in [1.54, 1.807) is 0 Å². The number of rotatable bonds is 4. The molecule has 9 aromatic rings. The molecule has 58 heavy (non-hydrogen) atoms. The van der Waals surface area contributed by atoms with Gasteiger partial charge >= 0.3 is 6.85 Å². The normalized spacial score (nSPS) is 14.4. The van der Waals surface area contributed by atoms with E-state index in [2.05, 4.69) is 208 Å². The van der Waals surface area contributed by atoms with Crippen molar-refractivity contribution in [3.63, 3.8) is 0 Å². The second kappa shape index (κ2) is 12.1. The SMILES string of the molecule is CC(C)(c1ccccc1)c1cccc2c1Nc1cc3sc4ccccc4c3c3c1B2N(c1cccc2c1C(C)(C)c1ccccc1-2)c1cc(-c2ccccc2)ccc1-3. The Bertz CT molecular complexity index is 3160. The minimum absolute atomic E-state index is 0.0969. The molecule has 0 unspecified atom stereocenters. The van der Waals surface area contributed by atoms with Gasteiger partial charge in [-0.3, -0.25) is 0 Å². The Morgan fingerprint density at radius 3 is 2.17 bits per heavy atom. The summed E-state index contributed by atoms with van der Waals surface area (Å²) in [5.41, 5.74) is 20.2. The van der Waals surface area contributed by atoms with Crippen LogP contribution in [0.1, 0.15) is 49.9 Å². The molecular weight excluding hydrogens is 719 g/mol. The number of nitrogens with zero attached hydrogens (tertiary/aromatic N) is 1. The Hall–Kier alpha value is -6.36. The number of hydrogen-bond acceptors (Lipinski definition) is 3. The molecule has 276 valence electrons. The third-order valence-corrected chi connectivity index (χ3v) is 14.6. The predicted octanol–water partition coefficient (Wildman–Crippen LogP) is 13.3. The first kappa shape index (κ1) is 33.8. The van der Waals surface area contributed by atoms with Crippen LogP contribution in [0.15, 0.2) is 170 Å². The van der Waals surface area contributed by atoms with Crippen LogP contribution in [0.4, 0.5) is 22.7 Å². The molecule has 0 fully saturated rings. The van der Waals surface area contributed by atoms with Gasteiger partial charge in [0, 0.05) is 59.3 Å². The van der Waals surface area contributed by atoms with E-state index in [-0.39, 0.29) is 17.7 Å². The van der Waals surface area contributed by atoms with Crippen molar-refractivity contribution in [3.8, 4) is 33.4 Å². The Morgan fingerprint density at radius 1 is 0.603 bits per heavy atom. The van der Waals surface area contributed by atoms with E-state index < -0.39 is 0 Å². The van der Waals surface area contributed by atoms with E-state index in [1.807, 2.05) is 11.3 Å². The lowest BCUT2D eigenvalue weighted by Gasteiger charge is -2.45. The van der Waals surface area contributed by atoms with E-state index in [1.165, 1.54) is 109 Å². The zero-order chi connectivity index (χ0) is 38.9. The number of para-hydroxylation sites is 1. The molecular formula is C54H41BN2S. The minimum Gasteiger partial charge on any atom is -0.376 e. The largest absolute Gasteiger partial charge is 0.376 e. The summed E-state index contributed by atoms with van der Waals surface area (Å²) in [6.07, 6.45) is 0. The molecule has 3 heterocycles. The highest BCUT2D eigenvalue weighted by Crippen LogP contribution is 2.56. The summed E-state index contributed by atoms with van der Waals surface area (Å²) in [6, 6.07) is 63.7. The van der Waals surface area contributed by atoms with E-state index >= 15 is 0 Å². The van der Waals surface area contributed by atoms with E-state index in [9.17, 15) is 0 Å². The van der Waals surface area contributed by atoms with Gasteiger partial charge in [-0.1, -0.05) is 173 Å². The molecule has 0 saturated carbocycles. The number of fused-ring (bicyclic) bond motifs is 11. The van der Waals surface area contributed by atoms with Crippen molar-refractivity contribution in [1.29, 1.82) is 0 Å². The van der Waals surface area contributed by atoms with Crippen molar-refractivity contribution in [2.75, 3.05) is 10.1 Å². The molecule has 8 aromatic carbocycles. The number of benzene rings is 8. The van der Waals surface area contributed by atoms with Gasteiger partial charge in [0.2, 0.25) is 0 Å². The quantitative estimate of drug-likeness (QED) is 0.180. The second-order valence-electron chi connectivity index (χ2n) is 17.3. The molecule has 1 aromatic heterocycles. The predicted molar refractivity (Wildman–Crippen MR) is 250 cm³/mol. The fourth-order valence-electron chi connectivity index (χ4n) is 10.8. The Morgan fingerprint density at radius 2 is 1.33 bits per heavy atom. The van der Waals surface area contributed by atoms with Gasteiger partial charge in [-0.15, -0.1) is 11.3 Å². The van der Waals surface area contributed by atoms with Gasteiger partial charge in [0.05, 0.1) is 0 Å². The van der Waals surface area contributed by atoms with E-state index in [4.69, 9.17) is 0 Å². The molecule has 0 amide bonds. The number of anilines is 4. The van der Waals surface area contributed by atoms with Crippen LogP contribution in [-0.4, -0.2) is 6.85 Å². The maximum Gasteiger partial charge on any atom is 0.333 e. The molecule has 0 atom stereocenters. The summed E-state index contributed by atoms with van der Waals surface area (Å²) in [7, 11) is 0. The molecule has 2 nitrogen and oxygen atoms in total. The molecule has 0 bridgehead atoms. The summed E-state index contributed by atoms with van der Waals surface area (Å²) in [5, 5.41) is 6.85. The first-order valence-electron chi connectivity index (χ1n) is 20.5. The van der Waals surface area contributed by atoms with Crippen LogP contribution in [-0.2, 0) is 10.8 Å². The minimum atomic E-state index is -0.253. The van der Waals surface area contributed by atoms with Gasteiger partial charge in [0.25, 0.3) is 0 Å². The summed E-state index contributed by atoms with van der Waals surface area (Å²) >= 11 is 1.90. The van der Waals surface area contributed by atoms with Crippen molar-refractivity contribution in [3.05, 3.63) is 192 Å². The van der Waals surface area contributed by atoms with Crippen LogP contribution in [0.25, 0.3) is 53.6 Å². The van der Waals surface area contributed by atoms with Crippen LogP contribution < -0.4 is 21.1 Å². The van der Waals surface area contributed by atoms with Crippen molar-refractivity contribution >= 4 is 72.0 Å². The number of nitrogens with one attached hydrogen (secondary N) is 1. The summed E-state index contributed by atoms with van der Waals surface area (Å²) in [4.78, 5) is 2.74. The zero-order valence-corrected chi connectivity index (χ0v) is 33.9. The molecule has 0 saturated heterocycles. The van der Waals surface area contributed by atoms with Crippen molar-refractivity contribution in [2.24, 2.45) is 0 Å². The molecule has 4 heteroatoms. The van der Waals surface area contributed by atoms with Crippen molar-refractivity contribution < 1.29 is 0 Å². The first-order chi connectivity index (χ1) is 28.3. The van der Waals surface area contributed by atoms with E-state index in [0.29, 0.717) is 0 Å². The monoisotopic (exact) mass is 760 g/mol. The molecule has 1 aliphatic carbocycles. The number of hydrogen-bond donors (Lipinski definition) is 1. The van der Waals surface area contributed by atoms with Gasteiger partial charge in [0.15, 0.2) is 0 Å². The van der Waals surface area contributed by atoms with Crippen LogP contribution >= 0.6 is 11.3 Å². The molecule has 0 radical (unpaired) electrons. The Kier molecular flexibility index (Phi) is 7.03.